The van der Waals surface area contributed by atoms with Gasteiger partial charge in [0.05, 0.1) is 0 Å². The lowest BCUT2D eigenvalue weighted by atomic mass is 10.5. The van der Waals surface area contributed by atoms with E-state index in [1.54, 1.807) is 6.20 Å². The lowest BCUT2D eigenvalue weighted by Gasteiger charge is -1.98. The first-order valence-electron chi connectivity index (χ1n) is 3.06. The summed E-state index contributed by atoms with van der Waals surface area (Å²) in [6, 6.07) is 1.49. The number of primary sulfonamides is 1. The largest absolute Gasteiger partial charge is 0.262 e. The van der Waals surface area contributed by atoms with Crippen LogP contribution in [0.25, 0.3) is 0 Å². The van der Waals surface area contributed by atoms with Crippen LogP contribution < -0.4 is 5.14 Å². The lowest BCUT2D eigenvalue weighted by Crippen LogP contribution is -2.12. The topological polar surface area (TPSA) is 73.0 Å². The van der Waals surface area contributed by atoms with Gasteiger partial charge in [-0.2, -0.15) is 0 Å². The Labute approximate surface area is 75.2 Å². The first-order chi connectivity index (χ1) is 5.54. The van der Waals surface area contributed by atoms with E-state index >= 15 is 0 Å². The second-order valence-electron chi connectivity index (χ2n) is 2.11. The molecule has 0 aliphatic rings. The number of aromatic nitrogens is 1. The van der Waals surface area contributed by atoms with Crippen LogP contribution in [-0.4, -0.2) is 19.7 Å². The number of nitrogens with zero attached hydrogens (tertiary/aromatic N) is 1. The van der Waals surface area contributed by atoms with Crippen LogP contribution in [-0.2, 0) is 10.0 Å². The zero-order valence-corrected chi connectivity index (χ0v) is 8.02. The number of pyridine rings is 1. The predicted octanol–water partition coefficient (Wildman–Crippen LogP) is 0.451. The molecule has 0 saturated carbocycles. The van der Waals surface area contributed by atoms with Crippen molar-refractivity contribution in [3.63, 3.8) is 0 Å². The number of rotatable bonds is 2. The fraction of sp³-hybridized carbons (Fsp3) is 0.167. The molecule has 0 fully saturated rings. The summed E-state index contributed by atoms with van der Waals surface area (Å²) in [5.41, 5.74) is 0. The fourth-order valence-corrected chi connectivity index (χ4v) is 1.65. The predicted molar refractivity (Wildman–Crippen MR) is 47.4 cm³/mol. The molecule has 1 aromatic rings. The van der Waals surface area contributed by atoms with Gasteiger partial charge in [0.15, 0.2) is 0 Å². The Hall–Kier alpha value is -0.590. The van der Waals surface area contributed by atoms with E-state index in [2.05, 4.69) is 4.98 Å². The summed E-state index contributed by atoms with van der Waals surface area (Å²) in [4.78, 5) is 4.57. The Morgan fingerprint density at radius 3 is 2.67 bits per heavy atom. The van der Waals surface area contributed by atoms with E-state index < -0.39 is 10.0 Å². The Balaban J connectivity index is 3.20. The summed E-state index contributed by atoms with van der Waals surface area (Å²) < 4.78 is 21.7. The first-order valence-corrected chi connectivity index (χ1v) is 5.83. The van der Waals surface area contributed by atoms with Crippen molar-refractivity contribution >= 4 is 21.8 Å². The molecule has 0 spiro atoms. The third-order valence-electron chi connectivity index (χ3n) is 1.25. The lowest BCUT2D eigenvalue weighted by molar-refractivity contribution is 0.597. The van der Waals surface area contributed by atoms with Crippen LogP contribution in [0.5, 0.6) is 0 Å². The number of thioether (sulfide) groups is 1. The van der Waals surface area contributed by atoms with Gasteiger partial charge in [-0.15, -0.1) is 11.8 Å². The molecule has 0 unspecified atom stereocenters. The SMILES string of the molecule is CSc1cncc(S(N)(=O)=O)c1. The molecule has 0 bridgehead atoms. The van der Waals surface area contributed by atoms with Crippen LogP contribution in [0.3, 0.4) is 0 Å². The maximum atomic E-state index is 10.8. The highest BCUT2D eigenvalue weighted by molar-refractivity contribution is 7.98. The zero-order valence-electron chi connectivity index (χ0n) is 6.39. The average Bonchev–Trinajstić information content (AvgIpc) is 2.03. The van der Waals surface area contributed by atoms with Gasteiger partial charge in [0.25, 0.3) is 0 Å². The van der Waals surface area contributed by atoms with Crippen molar-refractivity contribution in [3.05, 3.63) is 18.5 Å². The van der Waals surface area contributed by atoms with Crippen molar-refractivity contribution in [1.29, 1.82) is 0 Å². The van der Waals surface area contributed by atoms with Gasteiger partial charge in [-0.1, -0.05) is 0 Å². The summed E-state index contributed by atoms with van der Waals surface area (Å²) in [5, 5.41) is 4.90. The van der Waals surface area contributed by atoms with Gasteiger partial charge >= 0.3 is 0 Å². The van der Waals surface area contributed by atoms with E-state index in [0.29, 0.717) is 0 Å². The van der Waals surface area contributed by atoms with Crippen molar-refractivity contribution in [2.24, 2.45) is 5.14 Å². The molecule has 1 aromatic heterocycles. The third-order valence-corrected chi connectivity index (χ3v) is 2.83. The molecule has 2 N–H and O–H groups in total. The van der Waals surface area contributed by atoms with Gasteiger partial charge < -0.3 is 0 Å². The second-order valence-corrected chi connectivity index (χ2v) is 4.55. The Morgan fingerprint density at radius 2 is 2.17 bits per heavy atom. The van der Waals surface area contributed by atoms with Gasteiger partial charge in [0.1, 0.15) is 4.90 Å². The molecule has 0 radical (unpaired) electrons. The monoisotopic (exact) mass is 204 g/mol. The normalized spacial score (nSPS) is 11.5. The van der Waals surface area contributed by atoms with Crippen molar-refractivity contribution in [1.82, 2.24) is 4.98 Å². The van der Waals surface area contributed by atoms with Crippen molar-refractivity contribution in [2.45, 2.75) is 9.79 Å². The summed E-state index contributed by atoms with van der Waals surface area (Å²) in [7, 11) is -3.61. The molecule has 0 saturated heterocycles. The highest BCUT2D eigenvalue weighted by Gasteiger charge is 2.07. The van der Waals surface area contributed by atoms with E-state index in [0.717, 1.165) is 4.90 Å². The molecule has 66 valence electrons. The summed E-state index contributed by atoms with van der Waals surface area (Å²) in [5.74, 6) is 0. The van der Waals surface area contributed by atoms with Crippen LogP contribution in [0.2, 0.25) is 0 Å². The van der Waals surface area contributed by atoms with Crippen LogP contribution in [0.15, 0.2) is 28.3 Å². The average molecular weight is 204 g/mol. The standard InChI is InChI=1S/C6H8N2O2S2/c1-11-5-2-6(4-8-3-5)12(7,9)10/h2-4H,1H3,(H2,7,9,10). The maximum Gasteiger partial charge on any atom is 0.239 e. The zero-order chi connectivity index (χ0) is 9.19. The highest BCUT2D eigenvalue weighted by Crippen LogP contribution is 2.15. The fourth-order valence-electron chi connectivity index (χ4n) is 0.666. The molecule has 1 heterocycles. The summed E-state index contributed by atoms with van der Waals surface area (Å²) in [6.07, 6.45) is 4.65. The minimum absolute atomic E-state index is 0.0503. The molecule has 12 heavy (non-hydrogen) atoms. The number of nitrogens with two attached hydrogens (primary N) is 1. The molecule has 0 amide bonds. The van der Waals surface area contributed by atoms with E-state index in [1.165, 1.54) is 24.0 Å². The van der Waals surface area contributed by atoms with Gasteiger partial charge in [-0.25, -0.2) is 13.6 Å². The van der Waals surface area contributed by atoms with Crippen molar-refractivity contribution in [2.75, 3.05) is 6.26 Å². The minimum Gasteiger partial charge on any atom is -0.262 e. The van der Waals surface area contributed by atoms with E-state index in [1.807, 2.05) is 6.26 Å². The second kappa shape index (κ2) is 3.42. The quantitative estimate of drug-likeness (QED) is 0.710. The maximum absolute atomic E-state index is 10.8. The Morgan fingerprint density at radius 1 is 1.50 bits per heavy atom. The molecule has 6 heteroatoms. The van der Waals surface area contributed by atoms with Crippen LogP contribution in [0.1, 0.15) is 0 Å². The molecule has 0 aliphatic carbocycles. The Kier molecular flexibility index (Phi) is 2.71. The van der Waals surface area contributed by atoms with E-state index in [-0.39, 0.29) is 4.90 Å². The first kappa shape index (κ1) is 9.50. The molecular formula is C6H8N2O2S2. The summed E-state index contributed by atoms with van der Waals surface area (Å²) >= 11 is 1.42. The number of sulfonamides is 1. The van der Waals surface area contributed by atoms with E-state index in [9.17, 15) is 8.42 Å². The molecule has 0 aromatic carbocycles. The van der Waals surface area contributed by atoms with Crippen molar-refractivity contribution in [3.8, 4) is 0 Å². The van der Waals surface area contributed by atoms with Gasteiger partial charge in [0, 0.05) is 17.3 Å². The van der Waals surface area contributed by atoms with E-state index in [4.69, 9.17) is 5.14 Å². The van der Waals surface area contributed by atoms with Crippen LogP contribution in [0, 0.1) is 0 Å². The van der Waals surface area contributed by atoms with Crippen molar-refractivity contribution < 1.29 is 8.42 Å². The summed E-state index contributed by atoms with van der Waals surface area (Å²) in [6.45, 7) is 0. The van der Waals surface area contributed by atoms with Gasteiger partial charge in [-0.3, -0.25) is 4.98 Å². The molecule has 4 nitrogen and oxygen atoms in total. The highest BCUT2D eigenvalue weighted by atomic mass is 32.2. The molecule has 1 rings (SSSR count). The number of hydrogen-bond donors (Lipinski definition) is 1. The van der Waals surface area contributed by atoms with Crippen LogP contribution >= 0.6 is 11.8 Å². The smallest absolute Gasteiger partial charge is 0.239 e. The number of hydrogen-bond acceptors (Lipinski definition) is 4. The molecular weight excluding hydrogens is 196 g/mol. The van der Waals surface area contributed by atoms with Gasteiger partial charge in [0.2, 0.25) is 10.0 Å². The Bertz CT molecular complexity index is 375. The third kappa shape index (κ3) is 2.20. The molecule has 0 aliphatic heterocycles. The minimum atomic E-state index is -3.61. The van der Waals surface area contributed by atoms with Crippen LogP contribution in [0.4, 0.5) is 0 Å². The molecule has 0 atom stereocenters. The van der Waals surface area contributed by atoms with Gasteiger partial charge in [-0.05, 0) is 12.3 Å².